The molecule has 1 atom stereocenters. The first-order chi connectivity index (χ1) is 11.1. The van der Waals surface area contributed by atoms with Gasteiger partial charge in [0.05, 0.1) is 11.8 Å². The highest BCUT2D eigenvalue weighted by molar-refractivity contribution is 7.99. The molecular formula is C16H17N5OS. The molecule has 7 heteroatoms. The highest BCUT2D eigenvalue weighted by atomic mass is 32.2. The number of amides is 1. The van der Waals surface area contributed by atoms with Gasteiger partial charge < -0.3 is 11.2 Å². The van der Waals surface area contributed by atoms with Crippen LogP contribution in [0.2, 0.25) is 0 Å². The number of nitrogens with two attached hydrogens (primary N) is 1. The summed E-state index contributed by atoms with van der Waals surface area (Å²) in [5.41, 5.74) is 1.10. The summed E-state index contributed by atoms with van der Waals surface area (Å²) in [7, 11) is 0. The van der Waals surface area contributed by atoms with Gasteiger partial charge in [-0.1, -0.05) is 54.2 Å². The summed E-state index contributed by atoms with van der Waals surface area (Å²) in [5, 5.41) is 13.4. The van der Waals surface area contributed by atoms with Crippen LogP contribution in [-0.2, 0) is 4.79 Å². The summed E-state index contributed by atoms with van der Waals surface area (Å²) in [4.78, 5) is 12.1. The van der Waals surface area contributed by atoms with E-state index >= 15 is 0 Å². The van der Waals surface area contributed by atoms with Crippen LogP contribution in [0.15, 0.2) is 53.9 Å². The van der Waals surface area contributed by atoms with Crippen molar-refractivity contribution in [2.24, 2.45) is 0 Å². The highest BCUT2D eigenvalue weighted by Gasteiger charge is 2.13. The Bertz CT molecular complexity index is 827. The molecule has 2 aromatic carbocycles. The van der Waals surface area contributed by atoms with Crippen LogP contribution in [0.1, 0.15) is 18.5 Å². The second-order valence-corrected chi connectivity index (χ2v) is 6.11. The maximum absolute atomic E-state index is 12.1. The topological polar surface area (TPSA) is 85.8 Å². The minimum absolute atomic E-state index is 0.0709. The first-order valence-electron chi connectivity index (χ1n) is 7.20. The number of aromatic nitrogens is 3. The lowest BCUT2D eigenvalue weighted by Crippen LogP contribution is -2.28. The van der Waals surface area contributed by atoms with Crippen molar-refractivity contribution < 1.29 is 4.79 Å². The number of hydrogen-bond acceptors (Lipinski definition) is 5. The summed E-state index contributed by atoms with van der Waals surface area (Å²) in [6.45, 7) is 1.98. The number of hydrogen-bond donors (Lipinski definition) is 2. The average Bonchev–Trinajstić information content (AvgIpc) is 2.97. The van der Waals surface area contributed by atoms with Crippen molar-refractivity contribution in [3.63, 3.8) is 0 Å². The Labute approximate surface area is 138 Å². The summed E-state index contributed by atoms with van der Waals surface area (Å²) in [6, 6.07) is 14.2. The van der Waals surface area contributed by atoms with Crippen LogP contribution in [0.5, 0.6) is 0 Å². The number of fused-ring (bicyclic) bond motifs is 1. The van der Waals surface area contributed by atoms with E-state index in [4.69, 9.17) is 5.84 Å². The number of rotatable bonds is 5. The van der Waals surface area contributed by atoms with E-state index < -0.39 is 0 Å². The van der Waals surface area contributed by atoms with E-state index in [1.165, 1.54) is 22.8 Å². The third-order valence-corrected chi connectivity index (χ3v) is 4.50. The number of benzene rings is 2. The zero-order valence-electron chi connectivity index (χ0n) is 12.6. The maximum Gasteiger partial charge on any atom is 0.230 e. The van der Waals surface area contributed by atoms with Gasteiger partial charge in [0.25, 0.3) is 0 Å². The largest absolute Gasteiger partial charge is 0.349 e. The molecule has 0 unspecified atom stereocenters. The number of nitrogens with zero attached hydrogens (tertiary/aromatic N) is 3. The summed E-state index contributed by atoms with van der Waals surface area (Å²) in [5.74, 6) is 5.79. The fraction of sp³-hybridized carbons (Fsp3) is 0.188. The zero-order valence-corrected chi connectivity index (χ0v) is 13.5. The minimum Gasteiger partial charge on any atom is -0.349 e. The molecule has 0 aliphatic heterocycles. The Morgan fingerprint density at radius 1 is 1.30 bits per heavy atom. The van der Waals surface area contributed by atoms with Crippen LogP contribution < -0.4 is 11.2 Å². The van der Waals surface area contributed by atoms with E-state index in [1.54, 1.807) is 0 Å². The van der Waals surface area contributed by atoms with Crippen LogP contribution >= 0.6 is 11.8 Å². The van der Waals surface area contributed by atoms with E-state index in [2.05, 4.69) is 33.7 Å². The zero-order chi connectivity index (χ0) is 16.2. The SMILES string of the molecule is C[C@H](NC(=O)CSc1nncn1N)c1cccc2ccccc12. The number of carbonyl (C=O) groups is 1. The molecule has 0 radical (unpaired) electrons. The molecule has 3 aromatic rings. The normalized spacial score (nSPS) is 12.2. The van der Waals surface area contributed by atoms with E-state index in [1.807, 2.05) is 31.2 Å². The molecule has 6 nitrogen and oxygen atoms in total. The van der Waals surface area contributed by atoms with Gasteiger partial charge >= 0.3 is 0 Å². The first kappa shape index (κ1) is 15.4. The van der Waals surface area contributed by atoms with Crippen molar-refractivity contribution in [1.82, 2.24) is 20.2 Å². The summed E-state index contributed by atoms with van der Waals surface area (Å²) in [6.07, 6.45) is 1.40. The fourth-order valence-corrected chi connectivity index (χ4v) is 3.10. The Kier molecular flexibility index (Phi) is 4.47. The van der Waals surface area contributed by atoms with Crippen LogP contribution in [0, 0.1) is 0 Å². The quantitative estimate of drug-likeness (QED) is 0.554. The minimum atomic E-state index is -0.0788. The second-order valence-electron chi connectivity index (χ2n) is 5.17. The van der Waals surface area contributed by atoms with Gasteiger partial charge in [-0.15, -0.1) is 10.2 Å². The molecule has 3 N–H and O–H groups in total. The standard InChI is InChI=1S/C16H17N5OS/c1-11(13-8-4-6-12-5-2-3-7-14(12)13)19-15(22)9-23-16-20-18-10-21(16)17/h2-8,10-11H,9,17H2,1H3,(H,19,22)/t11-/m0/s1. The molecule has 1 heterocycles. The van der Waals surface area contributed by atoms with Gasteiger partial charge in [-0.05, 0) is 23.3 Å². The van der Waals surface area contributed by atoms with Crippen LogP contribution in [0.25, 0.3) is 10.8 Å². The van der Waals surface area contributed by atoms with Crippen molar-refractivity contribution in [3.8, 4) is 0 Å². The molecule has 0 spiro atoms. The van der Waals surface area contributed by atoms with Gasteiger partial charge in [0.1, 0.15) is 6.33 Å². The Morgan fingerprint density at radius 3 is 2.87 bits per heavy atom. The van der Waals surface area contributed by atoms with Crippen molar-refractivity contribution in [2.45, 2.75) is 18.1 Å². The number of carbonyl (C=O) groups excluding carboxylic acids is 1. The highest BCUT2D eigenvalue weighted by Crippen LogP contribution is 2.24. The lowest BCUT2D eigenvalue weighted by Gasteiger charge is -2.16. The van der Waals surface area contributed by atoms with E-state index in [0.29, 0.717) is 5.16 Å². The smallest absolute Gasteiger partial charge is 0.230 e. The molecule has 0 aliphatic rings. The summed E-state index contributed by atoms with van der Waals surface area (Å²) >= 11 is 1.25. The number of nitrogens with one attached hydrogen (secondary N) is 1. The predicted octanol–water partition coefficient (Wildman–Crippen LogP) is 2.11. The van der Waals surface area contributed by atoms with Gasteiger partial charge in [-0.3, -0.25) is 4.79 Å². The van der Waals surface area contributed by atoms with E-state index in [0.717, 1.165) is 16.3 Å². The van der Waals surface area contributed by atoms with Crippen molar-refractivity contribution in [3.05, 3.63) is 54.4 Å². The molecule has 0 bridgehead atoms. The Balaban J connectivity index is 1.67. The molecule has 0 aliphatic carbocycles. The first-order valence-corrected chi connectivity index (χ1v) is 8.18. The second kappa shape index (κ2) is 6.70. The van der Waals surface area contributed by atoms with Crippen molar-refractivity contribution in [1.29, 1.82) is 0 Å². The monoisotopic (exact) mass is 327 g/mol. The molecule has 0 fully saturated rings. The molecule has 0 saturated heterocycles. The number of nitrogen functional groups attached to an aromatic ring is 1. The van der Waals surface area contributed by atoms with Gasteiger partial charge in [0.15, 0.2) is 0 Å². The third-order valence-electron chi connectivity index (χ3n) is 3.54. The van der Waals surface area contributed by atoms with Gasteiger partial charge in [0, 0.05) is 0 Å². The fourth-order valence-electron chi connectivity index (χ4n) is 2.45. The molecular weight excluding hydrogens is 310 g/mol. The third kappa shape index (κ3) is 3.45. The maximum atomic E-state index is 12.1. The van der Waals surface area contributed by atoms with Gasteiger partial charge in [-0.2, -0.15) is 0 Å². The lowest BCUT2D eigenvalue weighted by molar-refractivity contribution is -0.119. The van der Waals surface area contributed by atoms with Crippen LogP contribution in [-0.4, -0.2) is 26.5 Å². The van der Waals surface area contributed by atoms with Crippen LogP contribution in [0.3, 0.4) is 0 Å². The summed E-state index contributed by atoms with van der Waals surface area (Å²) < 4.78 is 1.30. The Hall–Kier alpha value is -2.54. The van der Waals surface area contributed by atoms with Gasteiger partial charge in [-0.25, -0.2) is 4.68 Å². The lowest BCUT2D eigenvalue weighted by atomic mass is 10.00. The predicted molar refractivity (Wildman–Crippen MR) is 91.4 cm³/mol. The Morgan fingerprint density at radius 2 is 2.09 bits per heavy atom. The van der Waals surface area contributed by atoms with E-state index in [9.17, 15) is 4.79 Å². The van der Waals surface area contributed by atoms with Crippen LogP contribution in [0.4, 0.5) is 0 Å². The number of thioether (sulfide) groups is 1. The van der Waals surface area contributed by atoms with Crippen molar-refractivity contribution in [2.75, 3.05) is 11.6 Å². The molecule has 1 amide bonds. The molecule has 0 saturated carbocycles. The molecule has 3 rings (SSSR count). The van der Waals surface area contributed by atoms with E-state index in [-0.39, 0.29) is 17.7 Å². The molecule has 118 valence electrons. The molecule has 1 aromatic heterocycles. The average molecular weight is 327 g/mol. The molecule has 23 heavy (non-hydrogen) atoms. The van der Waals surface area contributed by atoms with Crippen molar-refractivity contribution >= 4 is 28.4 Å². The van der Waals surface area contributed by atoms with Gasteiger partial charge in [0.2, 0.25) is 11.1 Å².